The summed E-state index contributed by atoms with van der Waals surface area (Å²) in [5.41, 5.74) is 5.91. The number of hydrogen-bond acceptors (Lipinski definition) is 6. The summed E-state index contributed by atoms with van der Waals surface area (Å²) < 4.78 is 33.2. The van der Waals surface area contributed by atoms with Crippen LogP contribution in [0.25, 0.3) is 0 Å². The van der Waals surface area contributed by atoms with E-state index in [-0.39, 0.29) is 10.7 Å². The van der Waals surface area contributed by atoms with Gasteiger partial charge in [-0.15, -0.1) is 0 Å². The molecule has 2 aromatic heterocycles. The van der Waals surface area contributed by atoms with Gasteiger partial charge in [0.05, 0.1) is 25.0 Å². The summed E-state index contributed by atoms with van der Waals surface area (Å²) in [4.78, 5) is 3.69. The standard InChI is InChI=1S/C11H15N5O3S/c1-19-6-5-16-8-9(7-14-16)15-20(17,18)10-3-2-4-13-11(10)12/h2-4,7-8,15H,5-6H2,1H3,(H2,12,13). The molecule has 0 amide bonds. The van der Waals surface area contributed by atoms with E-state index in [1.54, 1.807) is 18.0 Å². The summed E-state index contributed by atoms with van der Waals surface area (Å²) in [6, 6.07) is 2.90. The second-order valence-corrected chi connectivity index (χ2v) is 5.63. The molecule has 0 fully saturated rings. The van der Waals surface area contributed by atoms with Crippen molar-refractivity contribution in [3.8, 4) is 0 Å². The van der Waals surface area contributed by atoms with Gasteiger partial charge < -0.3 is 10.5 Å². The van der Waals surface area contributed by atoms with Gasteiger partial charge in [-0.25, -0.2) is 13.4 Å². The molecule has 2 rings (SSSR count). The van der Waals surface area contributed by atoms with Crippen LogP contribution in [0.1, 0.15) is 0 Å². The van der Waals surface area contributed by atoms with Crippen LogP contribution in [0.15, 0.2) is 35.6 Å². The Morgan fingerprint density at radius 3 is 3.00 bits per heavy atom. The molecule has 20 heavy (non-hydrogen) atoms. The molecule has 0 aliphatic carbocycles. The third-order valence-corrected chi connectivity index (χ3v) is 3.93. The van der Waals surface area contributed by atoms with Gasteiger partial charge in [-0.2, -0.15) is 5.10 Å². The topological polar surface area (TPSA) is 112 Å². The SMILES string of the molecule is COCCn1cc(NS(=O)(=O)c2cccnc2N)cn1. The van der Waals surface area contributed by atoms with Crippen molar-refractivity contribution in [2.75, 3.05) is 24.2 Å². The molecule has 0 unspecified atom stereocenters. The fraction of sp³-hybridized carbons (Fsp3) is 0.273. The molecule has 0 bridgehead atoms. The number of pyridine rings is 1. The molecular weight excluding hydrogens is 282 g/mol. The molecule has 108 valence electrons. The van der Waals surface area contributed by atoms with E-state index in [1.165, 1.54) is 24.5 Å². The lowest BCUT2D eigenvalue weighted by Gasteiger charge is -2.07. The average Bonchev–Trinajstić information content (AvgIpc) is 2.83. The van der Waals surface area contributed by atoms with Crippen LogP contribution in [-0.2, 0) is 21.3 Å². The van der Waals surface area contributed by atoms with Gasteiger partial charge in [0.25, 0.3) is 10.0 Å². The number of methoxy groups -OCH3 is 1. The van der Waals surface area contributed by atoms with Gasteiger partial charge in [0.2, 0.25) is 0 Å². The predicted molar refractivity (Wildman–Crippen MR) is 73.6 cm³/mol. The maximum Gasteiger partial charge on any atom is 0.265 e. The number of anilines is 2. The Morgan fingerprint density at radius 1 is 1.50 bits per heavy atom. The second kappa shape index (κ2) is 5.88. The lowest BCUT2D eigenvalue weighted by Crippen LogP contribution is -2.15. The van der Waals surface area contributed by atoms with Crippen molar-refractivity contribution < 1.29 is 13.2 Å². The monoisotopic (exact) mass is 297 g/mol. The van der Waals surface area contributed by atoms with Crippen LogP contribution < -0.4 is 10.5 Å². The number of aromatic nitrogens is 3. The van der Waals surface area contributed by atoms with Crippen LogP contribution in [-0.4, -0.2) is 36.9 Å². The Kier molecular flexibility index (Phi) is 4.20. The number of sulfonamides is 1. The summed E-state index contributed by atoms with van der Waals surface area (Å²) in [5, 5.41) is 4.02. The van der Waals surface area contributed by atoms with Crippen LogP contribution >= 0.6 is 0 Å². The highest BCUT2D eigenvalue weighted by atomic mass is 32.2. The Hall–Kier alpha value is -2.13. The summed E-state index contributed by atoms with van der Waals surface area (Å²) in [7, 11) is -2.19. The second-order valence-electron chi connectivity index (χ2n) is 3.98. The minimum atomic E-state index is -3.77. The van der Waals surface area contributed by atoms with Gasteiger partial charge in [0.15, 0.2) is 0 Å². The summed E-state index contributed by atoms with van der Waals surface area (Å²) >= 11 is 0. The zero-order valence-electron chi connectivity index (χ0n) is 10.9. The number of rotatable bonds is 6. The number of ether oxygens (including phenoxy) is 1. The van der Waals surface area contributed by atoms with Crippen molar-refractivity contribution in [1.29, 1.82) is 0 Å². The molecule has 0 spiro atoms. The van der Waals surface area contributed by atoms with Gasteiger partial charge in [0.1, 0.15) is 10.7 Å². The maximum absolute atomic E-state index is 12.2. The number of nitrogens with one attached hydrogen (secondary N) is 1. The van der Waals surface area contributed by atoms with Crippen LogP contribution in [0.2, 0.25) is 0 Å². The average molecular weight is 297 g/mol. The third kappa shape index (κ3) is 3.25. The van der Waals surface area contributed by atoms with Crippen molar-refractivity contribution in [2.45, 2.75) is 11.4 Å². The van der Waals surface area contributed by atoms with E-state index in [9.17, 15) is 8.42 Å². The minimum absolute atomic E-state index is 0.0493. The smallest absolute Gasteiger partial charge is 0.265 e. The molecule has 8 nitrogen and oxygen atoms in total. The maximum atomic E-state index is 12.2. The van der Waals surface area contributed by atoms with E-state index in [1.807, 2.05) is 0 Å². The fourth-order valence-corrected chi connectivity index (χ4v) is 2.67. The zero-order valence-corrected chi connectivity index (χ0v) is 11.7. The third-order valence-electron chi connectivity index (χ3n) is 2.50. The van der Waals surface area contributed by atoms with Gasteiger partial charge >= 0.3 is 0 Å². The predicted octanol–water partition coefficient (Wildman–Crippen LogP) is 0.307. The Labute approximate surface area is 116 Å². The molecular formula is C11H15N5O3S. The highest BCUT2D eigenvalue weighted by Crippen LogP contribution is 2.18. The Balaban J connectivity index is 2.16. The highest BCUT2D eigenvalue weighted by molar-refractivity contribution is 7.92. The first-order valence-electron chi connectivity index (χ1n) is 5.77. The molecule has 0 radical (unpaired) electrons. The molecule has 0 aromatic carbocycles. The number of hydrogen-bond donors (Lipinski definition) is 2. The molecule has 0 aliphatic rings. The summed E-state index contributed by atoms with van der Waals surface area (Å²) in [6.45, 7) is 1.02. The first-order valence-corrected chi connectivity index (χ1v) is 7.26. The first kappa shape index (κ1) is 14.3. The van der Waals surface area contributed by atoms with Crippen molar-refractivity contribution >= 4 is 21.5 Å². The van der Waals surface area contributed by atoms with Crippen molar-refractivity contribution in [1.82, 2.24) is 14.8 Å². The normalized spacial score (nSPS) is 11.4. The molecule has 0 saturated heterocycles. The largest absolute Gasteiger partial charge is 0.383 e. The minimum Gasteiger partial charge on any atom is -0.383 e. The molecule has 0 saturated carbocycles. The Bertz CT molecular complexity index is 683. The van der Waals surface area contributed by atoms with E-state index in [2.05, 4.69) is 14.8 Å². The van der Waals surface area contributed by atoms with E-state index in [0.29, 0.717) is 18.8 Å². The number of nitrogens with zero attached hydrogens (tertiary/aromatic N) is 3. The lowest BCUT2D eigenvalue weighted by atomic mass is 10.5. The fourth-order valence-electron chi connectivity index (χ4n) is 1.56. The van der Waals surface area contributed by atoms with E-state index in [0.717, 1.165) is 0 Å². The summed E-state index contributed by atoms with van der Waals surface area (Å²) in [6.07, 6.45) is 4.42. The van der Waals surface area contributed by atoms with Crippen molar-refractivity contribution in [3.63, 3.8) is 0 Å². The number of nitrogen functional groups attached to an aromatic ring is 1. The molecule has 2 aromatic rings. The molecule has 0 aliphatic heterocycles. The number of nitrogens with two attached hydrogens (primary N) is 1. The van der Waals surface area contributed by atoms with Gasteiger partial charge in [0, 0.05) is 19.5 Å². The molecule has 9 heteroatoms. The lowest BCUT2D eigenvalue weighted by molar-refractivity contribution is 0.183. The van der Waals surface area contributed by atoms with E-state index >= 15 is 0 Å². The van der Waals surface area contributed by atoms with Crippen LogP contribution in [0.3, 0.4) is 0 Å². The molecule has 0 atom stereocenters. The van der Waals surface area contributed by atoms with Gasteiger partial charge in [-0.1, -0.05) is 0 Å². The molecule has 3 N–H and O–H groups in total. The first-order chi connectivity index (χ1) is 9.53. The van der Waals surface area contributed by atoms with E-state index < -0.39 is 10.0 Å². The van der Waals surface area contributed by atoms with Gasteiger partial charge in [-0.3, -0.25) is 9.40 Å². The van der Waals surface area contributed by atoms with Crippen LogP contribution in [0, 0.1) is 0 Å². The molecule has 2 heterocycles. The van der Waals surface area contributed by atoms with Crippen LogP contribution in [0.5, 0.6) is 0 Å². The highest BCUT2D eigenvalue weighted by Gasteiger charge is 2.18. The van der Waals surface area contributed by atoms with Crippen molar-refractivity contribution in [3.05, 3.63) is 30.7 Å². The van der Waals surface area contributed by atoms with Crippen molar-refractivity contribution in [2.24, 2.45) is 0 Å². The van der Waals surface area contributed by atoms with Crippen LogP contribution in [0.4, 0.5) is 11.5 Å². The van der Waals surface area contributed by atoms with Gasteiger partial charge in [-0.05, 0) is 12.1 Å². The quantitative estimate of drug-likeness (QED) is 0.793. The van der Waals surface area contributed by atoms with E-state index in [4.69, 9.17) is 10.5 Å². The Morgan fingerprint density at radius 2 is 2.30 bits per heavy atom. The summed E-state index contributed by atoms with van der Waals surface area (Å²) in [5.74, 6) is -0.0493. The zero-order chi connectivity index (χ0) is 14.6.